The Labute approximate surface area is 120 Å². The second-order valence-electron chi connectivity index (χ2n) is 4.52. The Bertz CT molecular complexity index is 515. The van der Waals surface area contributed by atoms with E-state index in [1.807, 2.05) is 19.1 Å². The van der Waals surface area contributed by atoms with Crippen LogP contribution in [0.25, 0.3) is 0 Å². The molecule has 0 saturated heterocycles. The second kappa shape index (κ2) is 7.58. The summed E-state index contributed by atoms with van der Waals surface area (Å²) in [6.45, 7) is 1.82. The molecular formula is C13H22N2O4S. The summed E-state index contributed by atoms with van der Waals surface area (Å²) in [5.74, 6) is 0.683. The van der Waals surface area contributed by atoms with Crippen LogP contribution in [0.1, 0.15) is 18.9 Å². The zero-order chi connectivity index (χ0) is 15.2. The van der Waals surface area contributed by atoms with Gasteiger partial charge in [-0.3, -0.25) is 0 Å². The van der Waals surface area contributed by atoms with Crippen LogP contribution in [0, 0.1) is 0 Å². The molecule has 0 fully saturated rings. The van der Waals surface area contributed by atoms with Crippen molar-refractivity contribution in [1.82, 2.24) is 9.03 Å². The van der Waals surface area contributed by atoms with E-state index >= 15 is 0 Å². The molecule has 0 saturated carbocycles. The summed E-state index contributed by atoms with van der Waals surface area (Å²) in [5, 5.41) is 9.07. The minimum absolute atomic E-state index is 0.220. The molecule has 0 aromatic heterocycles. The molecule has 1 rings (SSSR count). The topological polar surface area (TPSA) is 78.9 Å². The summed E-state index contributed by atoms with van der Waals surface area (Å²) >= 11 is 0. The van der Waals surface area contributed by atoms with Gasteiger partial charge in [0.2, 0.25) is 0 Å². The van der Waals surface area contributed by atoms with Crippen LogP contribution in [0.15, 0.2) is 24.3 Å². The lowest BCUT2D eigenvalue weighted by Crippen LogP contribution is -2.44. The first-order valence-electron chi connectivity index (χ1n) is 6.40. The number of rotatable bonds is 8. The minimum Gasteiger partial charge on any atom is -0.497 e. The van der Waals surface area contributed by atoms with Crippen molar-refractivity contribution in [2.45, 2.75) is 25.9 Å². The average Bonchev–Trinajstić information content (AvgIpc) is 2.44. The molecule has 0 spiro atoms. The van der Waals surface area contributed by atoms with Gasteiger partial charge in [-0.15, -0.1) is 0 Å². The van der Waals surface area contributed by atoms with Gasteiger partial charge in [0.1, 0.15) is 5.75 Å². The summed E-state index contributed by atoms with van der Waals surface area (Å²) in [7, 11) is -0.563. The fourth-order valence-electron chi connectivity index (χ4n) is 1.66. The van der Waals surface area contributed by atoms with Crippen molar-refractivity contribution in [2.75, 3.05) is 20.8 Å². The normalized spacial score (nSPS) is 13.4. The summed E-state index contributed by atoms with van der Waals surface area (Å²) in [6.07, 6.45) is 0.530. The maximum Gasteiger partial charge on any atom is 0.279 e. The number of nitrogens with one attached hydrogen (secondary N) is 1. The predicted molar refractivity (Wildman–Crippen MR) is 77.7 cm³/mol. The van der Waals surface area contributed by atoms with Crippen molar-refractivity contribution in [3.8, 4) is 5.75 Å². The van der Waals surface area contributed by atoms with Crippen molar-refractivity contribution in [3.05, 3.63) is 29.8 Å². The SMILES string of the molecule is CCC(CO)NS(=O)(=O)N(C)Cc1cccc(OC)c1. The molecule has 0 heterocycles. The van der Waals surface area contributed by atoms with Gasteiger partial charge in [-0.25, -0.2) is 0 Å². The molecule has 0 aliphatic heterocycles. The fraction of sp³-hybridized carbons (Fsp3) is 0.538. The molecule has 0 radical (unpaired) electrons. The number of methoxy groups -OCH3 is 1. The highest BCUT2D eigenvalue weighted by molar-refractivity contribution is 7.87. The third kappa shape index (κ3) is 4.75. The highest BCUT2D eigenvalue weighted by Gasteiger charge is 2.21. The first-order chi connectivity index (χ1) is 9.42. The smallest absolute Gasteiger partial charge is 0.279 e. The number of hydrogen-bond acceptors (Lipinski definition) is 4. The molecule has 0 aliphatic carbocycles. The Balaban J connectivity index is 2.75. The Morgan fingerprint density at radius 2 is 2.15 bits per heavy atom. The van der Waals surface area contributed by atoms with E-state index in [0.29, 0.717) is 12.2 Å². The van der Waals surface area contributed by atoms with Crippen LogP contribution in [0.2, 0.25) is 0 Å². The summed E-state index contributed by atoms with van der Waals surface area (Å²) in [5.41, 5.74) is 0.828. The maximum atomic E-state index is 12.1. The molecule has 7 heteroatoms. The number of benzene rings is 1. The van der Waals surface area contributed by atoms with E-state index in [-0.39, 0.29) is 13.2 Å². The summed E-state index contributed by atoms with van der Waals surface area (Å²) < 4.78 is 33.0. The Kier molecular flexibility index (Phi) is 6.41. The van der Waals surface area contributed by atoms with Crippen LogP contribution in [0.5, 0.6) is 5.75 Å². The Morgan fingerprint density at radius 3 is 2.70 bits per heavy atom. The molecule has 114 valence electrons. The van der Waals surface area contributed by atoms with Crippen molar-refractivity contribution >= 4 is 10.2 Å². The van der Waals surface area contributed by atoms with E-state index in [2.05, 4.69) is 4.72 Å². The minimum atomic E-state index is -3.62. The van der Waals surface area contributed by atoms with Crippen molar-refractivity contribution in [1.29, 1.82) is 0 Å². The van der Waals surface area contributed by atoms with Crippen LogP contribution >= 0.6 is 0 Å². The average molecular weight is 302 g/mol. The largest absolute Gasteiger partial charge is 0.497 e. The monoisotopic (exact) mass is 302 g/mol. The van der Waals surface area contributed by atoms with Crippen LogP contribution in [0.3, 0.4) is 0 Å². The molecule has 20 heavy (non-hydrogen) atoms. The third-order valence-electron chi connectivity index (χ3n) is 2.98. The fourth-order valence-corrected chi connectivity index (χ4v) is 2.82. The molecule has 2 N–H and O–H groups in total. The lowest BCUT2D eigenvalue weighted by Gasteiger charge is -2.21. The highest BCUT2D eigenvalue weighted by Crippen LogP contribution is 2.14. The van der Waals surface area contributed by atoms with Gasteiger partial charge in [0.15, 0.2) is 0 Å². The molecular weight excluding hydrogens is 280 g/mol. The molecule has 0 amide bonds. The van der Waals surface area contributed by atoms with Crippen molar-refractivity contribution < 1.29 is 18.3 Å². The van der Waals surface area contributed by atoms with Gasteiger partial charge in [-0.2, -0.15) is 17.4 Å². The van der Waals surface area contributed by atoms with Gasteiger partial charge in [-0.05, 0) is 24.1 Å². The van der Waals surface area contributed by atoms with Gasteiger partial charge in [0.05, 0.1) is 13.7 Å². The van der Waals surface area contributed by atoms with E-state index in [4.69, 9.17) is 9.84 Å². The van der Waals surface area contributed by atoms with Crippen molar-refractivity contribution in [3.63, 3.8) is 0 Å². The van der Waals surface area contributed by atoms with E-state index in [0.717, 1.165) is 5.56 Å². The summed E-state index contributed by atoms with van der Waals surface area (Å²) in [6, 6.07) is 6.76. The number of nitrogens with zero attached hydrogens (tertiary/aromatic N) is 1. The molecule has 0 aliphatic rings. The lowest BCUT2D eigenvalue weighted by atomic mass is 10.2. The third-order valence-corrected chi connectivity index (χ3v) is 4.56. The first kappa shape index (κ1) is 16.9. The van der Waals surface area contributed by atoms with Crippen LogP contribution in [-0.4, -0.2) is 44.6 Å². The molecule has 6 nitrogen and oxygen atoms in total. The van der Waals surface area contributed by atoms with E-state index in [9.17, 15) is 8.42 Å². The summed E-state index contributed by atoms with van der Waals surface area (Å²) in [4.78, 5) is 0. The molecule has 1 atom stereocenters. The van der Waals surface area contributed by atoms with Crippen LogP contribution < -0.4 is 9.46 Å². The Morgan fingerprint density at radius 1 is 1.45 bits per heavy atom. The lowest BCUT2D eigenvalue weighted by molar-refractivity contribution is 0.251. The molecule has 1 aromatic carbocycles. The second-order valence-corrected chi connectivity index (χ2v) is 6.33. The van der Waals surface area contributed by atoms with Crippen LogP contribution in [0.4, 0.5) is 0 Å². The quantitative estimate of drug-likeness (QED) is 0.742. The Hall–Kier alpha value is -1.15. The highest BCUT2D eigenvalue weighted by atomic mass is 32.2. The standard InChI is InChI=1S/C13H22N2O4S/c1-4-12(10-16)14-20(17,18)15(2)9-11-6-5-7-13(8-11)19-3/h5-8,12,14,16H,4,9-10H2,1-3H3. The van der Waals surface area contributed by atoms with Crippen molar-refractivity contribution in [2.24, 2.45) is 0 Å². The zero-order valence-corrected chi connectivity index (χ0v) is 12.9. The van der Waals surface area contributed by atoms with E-state index < -0.39 is 16.3 Å². The molecule has 1 aromatic rings. The zero-order valence-electron chi connectivity index (χ0n) is 12.0. The number of ether oxygens (including phenoxy) is 1. The van der Waals surface area contributed by atoms with E-state index in [1.54, 1.807) is 19.2 Å². The van der Waals surface area contributed by atoms with Gasteiger partial charge >= 0.3 is 0 Å². The van der Waals surface area contributed by atoms with Gasteiger partial charge < -0.3 is 9.84 Å². The van der Waals surface area contributed by atoms with Gasteiger partial charge in [0, 0.05) is 19.6 Å². The number of aliphatic hydroxyl groups excluding tert-OH is 1. The maximum absolute atomic E-state index is 12.1. The van der Waals surface area contributed by atoms with Gasteiger partial charge in [-0.1, -0.05) is 19.1 Å². The van der Waals surface area contributed by atoms with Crippen LogP contribution in [-0.2, 0) is 16.8 Å². The van der Waals surface area contributed by atoms with E-state index in [1.165, 1.54) is 11.4 Å². The molecule has 0 bridgehead atoms. The van der Waals surface area contributed by atoms with Gasteiger partial charge in [0.25, 0.3) is 10.2 Å². The predicted octanol–water partition coefficient (Wildman–Crippen LogP) is 0.732. The number of aliphatic hydroxyl groups is 1. The first-order valence-corrected chi connectivity index (χ1v) is 7.84. The number of hydrogen-bond donors (Lipinski definition) is 2. The molecule has 1 unspecified atom stereocenters.